The van der Waals surface area contributed by atoms with Crippen LogP contribution in [0.25, 0.3) is 0 Å². The van der Waals surface area contributed by atoms with Gasteiger partial charge in [0.25, 0.3) is 0 Å². The number of aromatic nitrogens is 3. The highest BCUT2D eigenvalue weighted by Crippen LogP contribution is 2.47. The van der Waals surface area contributed by atoms with Crippen LogP contribution in [-0.2, 0) is 4.79 Å². The normalized spacial score (nSPS) is 23.6. The molecule has 0 radical (unpaired) electrons. The Morgan fingerprint density at radius 3 is 2.79 bits per heavy atom. The summed E-state index contributed by atoms with van der Waals surface area (Å²) in [6, 6.07) is 6.18. The number of benzene rings is 1. The van der Waals surface area contributed by atoms with Crippen LogP contribution >= 0.6 is 0 Å². The number of nitrogens with one attached hydrogen (secondary N) is 2. The molecule has 3 aliphatic rings. The summed E-state index contributed by atoms with van der Waals surface area (Å²) >= 11 is 0. The van der Waals surface area contributed by atoms with Crippen LogP contribution in [-0.4, -0.2) is 39.0 Å². The van der Waals surface area contributed by atoms with Gasteiger partial charge in [-0.3, -0.25) is 9.89 Å². The SMILES string of the molecule is O=C1C=C2C3=C(NC1)C(c1ncn[nH]1)C(c1ccc(F)cc1)C=C3C=NN2F. The second-order valence-corrected chi connectivity index (χ2v) is 6.69. The number of halogens is 2. The molecule has 2 aliphatic heterocycles. The van der Waals surface area contributed by atoms with Gasteiger partial charge in [0, 0.05) is 28.8 Å². The molecule has 0 saturated heterocycles. The molecule has 0 fully saturated rings. The third-order valence-electron chi connectivity index (χ3n) is 5.07. The first-order chi connectivity index (χ1) is 13.6. The molecule has 1 aliphatic carbocycles. The molecular formula is C19H14F2N6O. The van der Waals surface area contributed by atoms with Crippen LogP contribution < -0.4 is 5.32 Å². The van der Waals surface area contributed by atoms with E-state index in [4.69, 9.17) is 0 Å². The van der Waals surface area contributed by atoms with E-state index in [-0.39, 0.29) is 40.9 Å². The van der Waals surface area contributed by atoms with E-state index >= 15 is 0 Å². The van der Waals surface area contributed by atoms with Gasteiger partial charge in [-0.15, -0.1) is 5.10 Å². The standard InChI is InChI=1S/C19H14F2N6O/c20-12-3-1-10(2-4-12)14-5-11-7-25-27(21)15-6-13(28)8-22-18(16(11)15)17(14)19-23-9-24-26-19/h1-7,9,14,17,22H,8H2,(H,23,24,26). The van der Waals surface area contributed by atoms with Crippen molar-refractivity contribution in [3.8, 4) is 0 Å². The molecule has 2 atom stereocenters. The van der Waals surface area contributed by atoms with Crippen LogP contribution in [0.15, 0.2) is 70.4 Å². The molecule has 2 aromatic rings. The Morgan fingerprint density at radius 1 is 1.21 bits per heavy atom. The number of rotatable bonds is 2. The Labute approximate surface area is 158 Å². The summed E-state index contributed by atoms with van der Waals surface area (Å²) in [4.78, 5) is 16.4. The highest BCUT2D eigenvalue weighted by molar-refractivity contribution is 5.97. The van der Waals surface area contributed by atoms with Gasteiger partial charge < -0.3 is 5.32 Å². The van der Waals surface area contributed by atoms with Gasteiger partial charge in [-0.25, -0.2) is 9.37 Å². The molecule has 0 bridgehead atoms. The molecule has 2 unspecified atom stereocenters. The van der Waals surface area contributed by atoms with E-state index in [0.29, 0.717) is 22.7 Å². The maximum absolute atomic E-state index is 14.4. The van der Waals surface area contributed by atoms with Gasteiger partial charge in [0.05, 0.1) is 18.7 Å². The van der Waals surface area contributed by atoms with E-state index in [9.17, 15) is 13.7 Å². The number of hydrogen-bond acceptors (Lipinski definition) is 6. The number of ketones is 1. The molecule has 0 spiro atoms. The second-order valence-electron chi connectivity index (χ2n) is 6.69. The van der Waals surface area contributed by atoms with Crippen molar-refractivity contribution in [2.24, 2.45) is 5.10 Å². The van der Waals surface area contributed by atoms with E-state index < -0.39 is 0 Å². The molecule has 0 saturated carbocycles. The van der Waals surface area contributed by atoms with E-state index in [1.54, 1.807) is 12.1 Å². The number of hydrogen-bond donors (Lipinski definition) is 2. The fourth-order valence-electron chi connectivity index (χ4n) is 3.88. The van der Waals surface area contributed by atoms with E-state index in [0.717, 1.165) is 5.56 Å². The van der Waals surface area contributed by atoms with Crippen molar-refractivity contribution >= 4 is 12.0 Å². The van der Waals surface area contributed by atoms with Crippen molar-refractivity contribution in [1.82, 2.24) is 25.7 Å². The molecule has 28 heavy (non-hydrogen) atoms. The molecule has 2 N–H and O–H groups in total. The van der Waals surface area contributed by atoms with Crippen molar-refractivity contribution in [2.75, 3.05) is 6.54 Å². The predicted octanol–water partition coefficient (Wildman–Crippen LogP) is 2.25. The molecule has 1 aromatic carbocycles. The summed E-state index contributed by atoms with van der Waals surface area (Å²) in [7, 11) is 0. The van der Waals surface area contributed by atoms with Gasteiger partial charge in [0.15, 0.2) is 5.78 Å². The van der Waals surface area contributed by atoms with E-state index in [2.05, 4.69) is 25.6 Å². The number of carbonyl (C=O) groups is 1. The Morgan fingerprint density at radius 2 is 2.04 bits per heavy atom. The highest BCUT2D eigenvalue weighted by atomic mass is 19.2. The topological polar surface area (TPSA) is 86.3 Å². The average molecular weight is 380 g/mol. The van der Waals surface area contributed by atoms with Crippen LogP contribution in [0.5, 0.6) is 0 Å². The molecule has 7 nitrogen and oxygen atoms in total. The van der Waals surface area contributed by atoms with Gasteiger partial charge in [-0.2, -0.15) is 5.10 Å². The maximum atomic E-state index is 14.4. The first-order valence-electron chi connectivity index (χ1n) is 8.67. The van der Waals surface area contributed by atoms with Crippen molar-refractivity contribution in [1.29, 1.82) is 0 Å². The van der Waals surface area contributed by atoms with E-state index in [1.165, 1.54) is 30.8 Å². The minimum Gasteiger partial charge on any atom is -0.380 e. The summed E-state index contributed by atoms with van der Waals surface area (Å²) in [6.45, 7) is 0.0181. The minimum atomic E-state index is -0.388. The largest absolute Gasteiger partial charge is 0.380 e. The molecule has 3 heterocycles. The van der Waals surface area contributed by atoms with E-state index in [1.807, 2.05) is 6.08 Å². The smallest absolute Gasteiger partial charge is 0.176 e. The van der Waals surface area contributed by atoms with Crippen LogP contribution in [0, 0.1) is 5.82 Å². The zero-order chi connectivity index (χ0) is 19.3. The second kappa shape index (κ2) is 6.22. The van der Waals surface area contributed by atoms with Crippen molar-refractivity contribution in [2.45, 2.75) is 11.8 Å². The first-order valence-corrected chi connectivity index (χ1v) is 8.67. The minimum absolute atomic E-state index is 0.0181. The van der Waals surface area contributed by atoms with Gasteiger partial charge in [0.1, 0.15) is 23.7 Å². The lowest BCUT2D eigenvalue weighted by atomic mass is 9.74. The quantitative estimate of drug-likeness (QED) is 0.781. The lowest BCUT2D eigenvalue weighted by Crippen LogP contribution is -2.32. The number of nitrogens with zero attached hydrogens (tertiary/aromatic N) is 4. The third kappa shape index (κ3) is 2.55. The number of H-pyrrole nitrogens is 1. The zero-order valence-corrected chi connectivity index (χ0v) is 14.4. The predicted molar refractivity (Wildman–Crippen MR) is 95.9 cm³/mol. The summed E-state index contributed by atoms with van der Waals surface area (Å²) < 4.78 is 27.8. The van der Waals surface area contributed by atoms with Gasteiger partial charge in [-0.1, -0.05) is 27.9 Å². The van der Waals surface area contributed by atoms with Crippen molar-refractivity contribution in [3.05, 3.63) is 82.5 Å². The monoisotopic (exact) mass is 380 g/mol. The van der Waals surface area contributed by atoms with Crippen LogP contribution in [0.1, 0.15) is 23.2 Å². The number of allylic oxidation sites excluding steroid dienone is 3. The van der Waals surface area contributed by atoms with Gasteiger partial charge >= 0.3 is 0 Å². The molecule has 0 amide bonds. The Hall–Kier alpha value is -3.62. The number of hydrazone groups is 1. The summed E-state index contributed by atoms with van der Waals surface area (Å²) in [5, 5.41) is 13.9. The van der Waals surface area contributed by atoms with Crippen molar-refractivity contribution < 1.29 is 13.7 Å². The molecule has 5 rings (SSSR count). The molecule has 1 aromatic heterocycles. The molecular weight excluding hydrogens is 366 g/mol. The number of aromatic amines is 1. The van der Waals surface area contributed by atoms with Gasteiger partial charge in [-0.05, 0) is 17.7 Å². The summed E-state index contributed by atoms with van der Waals surface area (Å²) in [5.74, 6) is -0.679. The highest BCUT2D eigenvalue weighted by Gasteiger charge is 2.40. The zero-order valence-electron chi connectivity index (χ0n) is 14.4. The maximum Gasteiger partial charge on any atom is 0.176 e. The average Bonchev–Trinajstić information content (AvgIpc) is 3.16. The lowest BCUT2D eigenvalue weighted by molar-refractivity contribution is -0.113. The van der Waals surface area contributed by atoms with Crippen LogP contribution in [0.3, 0.4) is 0 Å². The van der Waals surface area contributed by atoms with Gasteiger partial charge in [0.2, 0.25) is 0 Å². The third-order valence-corrected chi connectivity index (χ3v) is 5.07. The van der Waals surface area contributed by atoms with Crippen LogP contribution in [0.4, 0.5) is 8.87 Å². The number of carbonyl (C=O) groups excluding carboxylic acids is 1. The van der Waals surface area contributed by atoms with Crippen LogP contribution in [0.2, 0.25) is 0 Å². The first kappa shape index (κ1) is 16.5. The fraction of sp³-hybridized carbons (Fsp3) is 0.158. The fourth-order valence-corrected chi connectivity index (χ4v) is 3.88. The van der Waals surface area contributed by atoms with Crippen molar-refractivity contribution in [3.63, 3.8) is 0 Å². The molecule has 9 heteroatoms. The summed E-state index contributed by atoms with van der Waals surface area (Å²) in [6.07, 6.45) is 5.98. The Balaban J connectivity index is 1.74. The lowest BCUT2D eigenvalue weighted by Gasteiger charge is -2.35. The Kier molecular flexibility index (Phi) is 3.68. The summed E-state index contributed by atoms with van der Waals surface area (Å²) in [5.41, 5.74) is 2.82. The molecule has 140 valence electrons. The Bertz CT molecular complexity index is 1070.